The first-order chi connectivity index (χ1) is 9.08. The summed E-state index contributed by atoms with van der Waals surface area (Å²) in [7, 11) is 0. The van der Waals surface area contributed by atoms with Gasteiger partial charge in [0, 0.05) is 12.1 Å². The van der Waals surface area contributed by atoms with Gasteiger partial charge < -0.3 is 9.73 Å². The van der Waals surface area contributed by atoms with Gasteiger partial charge in [0.05, 0.1) is 11.8 Å². The zero-order chi connectivity index (χ0) is 13.8. The number of hydrogen-bond donors (Lipinski definition) is 1. The maximum atomic E-state index is 12.7. The first-order valence-electron chi connectivity index (χ1n) is 6.15. The minimum atomic E-state index is -0.252. The summed E-state index contributed by atoms with van der Waals surface area (Å²) < 4.78 is 17.9. The van der Waals surface area contributed by atoms with Gasteiger partial charge in [-0.2, -0.15) is 0 Å². The molecule has 3 nitrogen and oxygen atoms in total. The molecule has 0 spiro atoms. The van der Waals surface area contributed by atoms with Crippen LogP contribution in [0.2, 0.25) is 0 Å². The molecule has 1 amide bonds. The van der Waals surface area contributed by atoms with E-state index in [-0.39, 0.29) is 11.7 Å². The summed E-state index contributed by atoms with van der Waals surface area (Å²) in [6, 6.07) is 6.27. The van der Waals surface area contributed by atoms with Crippen molar-refractivity contribution in [2.24, 2.45) is 0 Å². The number of aryl methyl sites for hydroxylation is 2. The van der Waals surface area contributed by atoms with Crippen LogP contribution in [-0.4, -0.2) is 12.5 Å². The van der Waals surface area contributed by atoms with Gasteiger partial charge in [0.1, 0.15) is 11.6 Å². The van der Waals surface area contributed by atoms with Gasteiger partial charge in [-0.1, -0.05) is 12.1 Å². The summed E-state index contributed by atoms with van der Waals surface area (Å²) in [6.45, 7) is 4.11. The maximum absolute atomic E-state index is 12.7. The molecule has 0 bridgehead atoms. The molecule has 0 aliphatic rings. The van der Waals surface area contributed by atoms with Crippen LogP contribution in [0.15, 0.2) is 34.9 Å². The first-order valence-corrected chi connectivity index (χ1v) is 6.15. The van der Waals surface area contributed by atoms with Crippen LogP contribution >= 0.6 is 0 Å². The Morgan fingerprint density at radius 2 is 1.95 bits per heavy atom. The van der Waals surface area contributed by atoms with Crippen LogP contribution < -0.4 is 5.32 Å². The molecule has 19 heavy (non-hydrogen) atoms. The smallest absolute Gasteiger partial charge is 0.255 e. The van der Waals surface area contributed by atoms with Crippen molar-refractivity contribution < 1.29 is 13.6 Å². The molecule has 1 aromatic heterocycles. The molecule has 1 heterocycles. The number of halogens is 1. The summed E-state index contributed by atoms with van der Waals surface area (Å²) in [5, 5.41) is 2.84. The Morgan fingerprint density at radius 1 is 1.26 bits per heavy atom. The molecule has 100 valence electrons. The number of carbonyl (C=O) groups excluding carboxylic acids is 1. The SMILES string of the molecule is Cc1coc(C)c1C(=O)NCCc1ccc(F)cc1. The zero-order valence-electron chi connectivity index (χ0n) is 11.0. The van der Waals surface area contributed by atoms with E-state index in [1.54, 1.807) is 25.3 Å². The predicted molar refractivity (Wildman–Crippen MR) is 70.6 cm³/mol. The molecule has 0 unspecified atom stereocenters. The number of furan rings is 1. The molecular weight excluding hydrogens is 245 g/mol. The number of benzene rings is 1. The van der Waals surface area contributed by atoms with Crippen molar-refractivity contribution in [2.45, 2.75) is 20.3 Å². The van der Waals surface area contributed by atoms with Gasteiger partial charge in [0.25, 0.3) is 5.91 Å². The monoisotopic (exact) mass is 261 g/mol. The lowest BCUT2D eigenvalue weighted by Gasteiger charge is -2.05. The van der Waals surface area contributed by atoms with Gasteiger partial charge in [0.2, 0.25) is 0 Å². The second-order valence-corrected chi connectivity index (χ2v) is 4.48. The largest absolute Gasteiger partial charge is 0.469 e. The third-order valence-corrected chi connectivity index (χ3v) is 3.00. The lowest BCUT2D eigenvalue weighted by Crippen LogP contribution is -2.26. The van der Waals surface area contributed by atoms with Crippen molar-refractivity contribution in [2.75, 3.05) is 6.54 Å². The van der Waals surface area contributed by atoms with Crippen LogP contribution in [0.5, 0.6) is 0 Å². The van der Waals surface area contributed by atoms with E-state index in [0.717, 1.165) is 11.1 Å². The highest BCUT2D eigenvalue weighted by Gasteiger charge is 2.14. The Kier molecular flexibility index (Phi) is 4.00. The number of amides is 1. The van der Waals surface area contributed by atoms with Crippen molar-refractivity contribution >= 4 is 5.91 Å². The maximum Gasteiger partial charge on any atom is 0.255 e. The van der Waals surface area contributed by atoms with Crippen LogP contribution in [0.3, 0.4) is 0 Å². The van der Waals surface area contributed by atoms with Crippen molar-refractivity contribution in [3.05, 3.63) is 58.8 Å². The fourth-order valence-electron chi connectivity index (χ4n) is 1.97. The summed E-state index contributed by atoms with van der Waals surface area (Å²) in [4.78, 5) is 12.0. The van der Waals surface area contributed by atoms with Crippen LogP contribution in [-0.2, 0) is 6.42 Å². The van der Waals surface area contributed by atoms with Crippen LogP contribution in [0, 0.1) is 19.7 Å². The topological polar surface area (TPSA) is 42.2 Å². The fraction of sp³-hybridized carbons (Fsp3) is 0.267. The molecule has 0 fully saturated rings. The Morgan fingerprint density at radius 3 is 2.53 bits per heavy atom. The number of nitrogens with one attached hydrogen (secondary N) is 1. The highest BCUT2D eigenvalue weighted by atomic mass is 19.1. The van der Waals surface area contributed by atoms with Crippen molar-refractivity contribution in [3.63, 3.8) is 0 Å². The Balaban J connectivity index is 1.89. The van der Waals surface area contributed by atoms with Gasteiger partial charge >= 0.3 is 0 Å². The van der Waals surface area contributed by atoms with Gasteiger partial charge in [0.15, 0.2) is 0 Å². The average Bonchev–Trinajstić information content (AvgIpc) is 2.71. The number of hydrogen-bond acceptors (Lipinski definition) is 2. The fourth-order valence-corrected chi connectivity index (χ4v) is 1.97. The van der Waals surface area contributed by atoms with Gasteiger partial charge in [-0.3, -0.25) is 4.79 Å². The van der Waals surface area contributed by atoms with E-state index in [9.17, 15) is 9.18 Å². The highest BCUT2D eigenvalue weighted by Crippen LogP contribution is 2.14. The van der Waals surface area contributed by atoms with E-state index < -0.39 is 0 Å². The summed E-state index contributed by atoms with van der Waals surface area (Å²) >= 11 is 0. The summed E-state index contributed by atoms with van der Waals surface area (Å²) in [5.74, 6) is 0.236. The van der Waals surface area contributed by atoms with Gasteiger partial charge in [-0.25, -0.2) is 4.39 Å². The molecule has 1 aromatic carbocycles. The lowest BCUT2D eigenvalue weighted by atomic mass is 10.1. The van der Waals surface area contributed by atoms with Crippen LogP contribution in [0.25, 0.3) is 0 Å². The number of rotatable bonds is 4. The average molecular weight is 261 g/mol. The normalized spacial score (nSPS) is 10.5. The van der Waals surface area contributed by atoms with E-state index in [2.05, 4.69) is 5.32 Å². The summed E-state index contributed by atoms with van der Waals surface area (Å²) in [6.07, 6.45) is 2.24. The van der Waals surface area contributed by atoms with Gasteiger partial charge in [-0.05, 0) is 38.0 Å². The van der Waals surface area contributed by atoms with E-state index in [1.807, 2.05) is 6.92 Å². The lowest BCUT2D eigenvalue weighted by molar-refractivity contribution is 0.0952. The molecule has 0 saturated carbocycles. The quantitative estimate of drug-likeness (QED) is 0.919. The van der Waals surface area contributed by atoms with E-state index in [4.69, 9.17) is 4.42 Å². The van der Waals surface area contributed by atoms with Crippen LogP contribution in [0.1, 0.15) is 27.2 Å². The molecule has 2 rings (SSSR count). The molecular formula is C15H16FNO2. The Labute approximate surface area is 111 Å². The molecule has 4 heteroatoms. The second-order valence-electron chi connectivity index (χ2n) is 4.48. The van der Waals surface area contributed by atoms with E-state index >= 15 is 0 Å². The molecule has 1 N–H and O–H groups in total. The summed E-state index contributed by atoms with van der Waals surface area (Å²) in [5.41, 5.74) is 2.42. The minimum Gasteiger partial charge on any atom is -0.469 e. The molecule has 2 aromatic rings. The van der Waals surface area contributed by atoms with E-state index in [0.29, 0.717) is 24.3 Å². The molecule has 0 saturated heterocycles. The van der Waals surface area contributed by atoms with E-state index in [1.165, 1.54) is 12.1 Å². The zero-order valence-corrected chi connectivity index (χ0v) is 11.0. The van der Waals surface area contributed by atoms with Crippen molar-refractivity contribution in [1.29, 1.82) is 0 Å². The second kappa shape index (κ2) is 5.69. The molecule has 0 radical (unpaired) electrons. The Bertz CT molecular complexity index is 553. The van der Waals surface area contributed by atoms with Crippen molar-refractivity contribution in [3.8, 4) is 0 Å². The highest BCUT2D eigenvalue weighted by molar-refractivity contribution is 5.96. The first kappa shape index (κ1) is 13.3. The minimum absolute atomic E-state index is 0.133. The molecule has 0 aliphatic carbocycles. The third-order valence-electron chi connectivity index (χ3n) is 3.00. The van der Waals surface area contributed by atoms with Gasteiger partial charge in [-0.15, -0.1) is 0 Å². The molecule has 0 atom stereocenters. The third kappa shape index (κ3) is 3.22. The standard InChI is InChI=1S/C15H16FNO2/c1-10-9-19-11(2)14(10)15(18)17-8-7-12-3-5-13(16)6-4-12/h3-6,9H,7-8H2,1-2H3,(H,17,18). The number of carbonyl (C=O) groups is 1. The van der Waals surface area contributed by atoms with Crippen LogP contribution in [0.4, 0.5) is 4.39 Å². The Hall–Kier alpha value is -2.10. The predicted octanol–water partition coefficient (Wildman–Crippen LogP) is 3.01. The van der Waals surface area contributed by atoms with Crippen molar-refractivity contribution in [1.82, 2.24) is 5.32 Å². The molecule has 0 aliphatic heterocycles.